The molecule has 0 spiro atoms. The second-order valence-corrected chi connectivity index (χ2v) is 8.70. The average Bonchev–Trinajstić information content (AvgIpc) is 3.51. The van der Waals surface area contributed by atoms with Crippen LogP contribution in [-0.4, -0.2) is 62.8 Å². The van der Waals surface area contributed by atoms with Crippen LogP contribution < -0.4 is 4.90 Å². The van der Waals surface area contributed by atoms with Crippen LogP contribution in [0.5, 0.6) is 0 Å². The van der Waals surface area contributed by atoms with Crippen molar-refractivity contribution in [1.29, 1.82) is 0 Å². The summed E-state index contributed by atoms with van der Waals surface area (Å²) in [5.74, 6) is -0.455. The largest absolute Gasteiger partial charge is 0.471 e. The van der Waals surface area contributed by atoms with Gasteiger partial charge >= 0.3 is 12.1 Å². The number of alkyl halides is 3. The van der Waals surface area contributed by atoms with Crippen molar-refractivity contribution in [2.45, 2.75) is 11.1 Å². The van der Waals surface area contributed by atoms with Crippen LogP contribution in [0.2, 0.25) is 0 Å². The van der Waals surface area contributed by atoms with Crippen molar-refractivity contribution in [2.24, 2.45) is 0 Å². The fourth-order valence-electron chi connectivity index (χ4n) is 3.74. The van der Waals surface area contributed by atoms with Gasteiger partial charge in [-0.3, -0.25) is 4.79 Å². The van der Waals surface area contributed by atoms with E-state index in [9.17, 15) is 18.0 Å². The molecule has 12 heteroatoms. The second-order valence-electron chi connectivity index (χ2n) is 7.68. The van der Waals surface area contributed by atoms with E-state index in [1.807, 2.05) is 40.3 Å². The van der Waals surface area contributed by atoms with Crippen LogP contribution in [0.1, 0.15) is 5.89 Å². The first-order valence-electron chi connectivity index (χ1n) is 10.5. The van der Waals surface area contributed by atoms with Gasteiger partial charge in [-0.25, -0.2) is 4.98 Å². The van der Waals surface area contributed by atoms with E-state index < -0.39 is 12.1 Å². The third-order valence-electron chi connectivity index (χ3n) is 5.53. The first kappa shape index (κ1) is 22.3. The molecule has 1 aliphatic rings. The molecule has 8 nitrogen and oxygen atoms in total. The van der Waals surface area contributed by atoms with E-state index in [4.69, 9.17) is 0 Å². The topological polar surface area (TPSA) is 91.2 Å². The smallest absolute Gasteiger partial charge is 0.360 e. The molecule has 1 amide bonds. The predicted molar refractivity (Wildman–Crippen MR) is 120 cm³/mol. The summed E-state index contributed by atoms with van der Waals surface area (Å²) in [5.41, 5.74) is 1.37. The molecule has 4 aromatic rings. The summed E-state index contributed by atoms with van der Waals surface area (Å²) in [6.45, 7) is 2.35. The Bertz CT molecular complexity index is 1300. The highest BCUT2D eigenvalue weighted by atomic mass is 32.2. The lowest BCUT2D eigenvalue weighted by molar-refractivity contribution is -0.159. The Morgan fingerprint density at radius 2 is 1.91 bits per heavy atom. The molecule has 0 aliphatic carbocycles. The number of amides is 1. The zero-order chi connectivity index (χ0) is 23.7. The van der Waals surface area contributed by atoms with Crippen molar-refractivity contribution in [1.82, 2.24) is 25.0 Å². The molecule has 5 rings (SSSR count). The minimum atomic E-state index is -4.69. The molecule has 34 heavy (non-hydrogen) atoms. The van der Waals surface area contributed by atoms with Crippen LogP contribution in [0.15, 0.2) is 58.2 Å². The number of nitrogens with zero attached hydrogens (tertiary/aromatic N) is 5. The van der Waals surface area contributed by atoms with Crippen LogP contribution >= 0.6 is 11.8 Å². The molecule has 4 heterocycles. The Balaban J connectivity index is 1.15. The van der Waals surface area contributed by atoms with Gasteiger partial charge in [0.1, 0.15) is 5.82 Å². The number of benzene rings is 1. The number of fused-ring (bicyclic) bond motifs is 1. The van der Waals surface area contributed by atoms with E-state index in [1.54, 1.807) is 12.1 Å². The lowest BCUT2D eigenvalue weighted by Gasteiger charge is -2.35. The molecule has 176 valence electrons. The zero-order valence-electron chi connectivity index (χ0n) is 17.7. The fraction of sp³-hybridized carbons (Fsp3) is 0.273. The minimum absolute atomic E-state index is 0.0795. The molecule has 1 fully saturated rings. The number of pyridine rings is 1. The van der Waals surface area contributed by atoms with Gasteiger partial charge in [0, 0.05) is 59.9 Å². The number of anilines is 1. The van der Waals surface area contributed by atoms with Gasteiger partial charge in [-0.15, -0.1) is 11.8 Å². The number of rotatable bonds is 5. The Hall–Kier alpha value is -3.54. The van der Waals surface area contributed by atoms with Crippen molar-refractivity contribution < 1.29 is 22.5 Å². The maximum Gasteiger partial charge on any atom is 0.471 e. The van der Waals surface area contributed by atoms with Crippen LogP contribution in [0.25, 0.3) is 22.3 Å². The summed E-state index contributed by atoms with van der Waals surface area (Å²) in [5, 5.41) is 4.48. The predicted octanol–water partition coefficient (Wildman–Crippen LogP) is 4.07. The number of piperazine rings is 1. The molecule has 3 aromatic heterocycles. The minimum Gasteiger partial charge on any atom is -0.360 e. The van der Waals surface area contributed by atoms with Gasteiger partial charge in [0.05, 0.1) is 5.75 Å². The number of hydrogen-bond donors (Lipinski definition) is 1. The fourth-order valence-corrected chi connectivity index (χ4v) is 4.68. The number of aromatic amines is 1. The van der Waals surface area contributed by atoms with Gasteiger partial charge in [0.25, 0.3) is 0 Å². The van der Waals surface area contributed by atoms with Gasteiger partial charge in [0.2, 0.25) is 11.7 Å². The second kappa shape index (κ2) is 9.01. The highest BCUT2D eigenvalue weighted by molar-refractivity contribution is 8.00. The third-order valence-corrected chi connectivity index (χ3v) is 6.57. The van der Waals surface area contributed by atoms with Crippen molar-refractivity contribution >= 4 is 34.4 Å². The molecule has 1 aliphatic heterocycles. The summed E-state index contributed by atoms with van der Waals surface area (Å²) >= 11 is 1.52. The van der Waals surface area contributed by atoms with E-state index in [1.165, 1.54) is 18.0 Å². The maximum absolute atomic E-state index is 12.7. The first-order valence-corrected chi connectivity index (χ1v) is 11.5. The lowest BCUT2D eigenvalue weighted by Crippen LogP contribution is -2.49. The standard InChI is InChI=1S/C22H19F3N6O2S/c23-22(24,25)21-28-20(29-33-21)14-5-6-18(27-11-14)30-7-9-31(10-8-30)19(32)13-34-17-12-26-16-4-2-1-3-15(16)17/h1-6,11-12,26H,7-10,13H2. The van der Waals surface area contributed by atoms with Crippen LogP contribution in [0.4, 0.5) is 19.0 Å². The van der Waals surface area contributed by atoms with Crippen molar-refractivity contribution in [3.63, 3.8) is 0 Å². The molecule has 1 saturated heterocycles. The van der Waals surface area contributed by atoms with E-state index in [0.29, 0.717) is 43.3 Å². The zero-order valence-corrected chi connectivity index (χ0v) is 18.6. The quantitative estimate of drug-likeness (QED) is 0.424. The summed E-state index contributed by atoms with van der Waals surface area (Å²) in [6.07, 6.45) is -1.35. The molecule has 0 radical (unpaired) electrons. The van der Waals surface area contributed by atoms with Crippen LogP contribution in [-0.2, 0) is 11.0 Å². The summed E-state index contributed by atoms with van der Waals surface area (Å²) in [6, 6.07) is 11.3. The Morgan fingerprint density at radius 1 is 1.12 bits per heavy atom. The van der Waals surface area contributed by atoms with E-state index in [-0.39, 0.29) is 11.7 Å². The van der Waals surface area contributed by atoms with E-state index >= 15 is 0 Å². The number of H-pyrrole nitrogens is 1. The first-order chi connectivity index (χ1) is 16.4. The number of para-hydroxylation sites is 1. The average molecular weight is 488 g/mol. The Kier molecular flexibility index (Phi) is 5.90. The number of carbonyl (C=O) groups is 1. The summed E-state index contributed by atoms with van der Waals surface area (Å²) < 4.78 is 42.2. The van der Waals surface area contributed by atoms with Crippen molar-refractivity contribution in [3.8, 4) is 11.4 Å². The highest BCUT2D eigenvalue weighted by Gasteiger charge is 2.38. The molecule has 0 bridgehead atoms. The third kappa shape index (κ3) is 4.58. The number of halogens is 3. The maximum atomic E-state index is 12.7. The number of carbonyl (C=O) groups excluding carboxylic acids is 1. The van der Waals surface area contributed by atoms with Crippen molar-refractivity contribution in [2.75, 3.05) is 36.8 Å². The Labute approximate surface area is 196 Å². The van der Waals surface area contributed by atoms with Gasteiger partial charge in [-0.05, 0) is 18.2 Å². The number of nitrogens with one attached hydrogen (secondary N) is 1. The molecule has 1 N–H and O–H groups in total. The molecular weight excluding hydrogens is 469 g/mol. The van der Waals surface area contributed by atoms with Crippen LogP contribution in [0, 0.1) is 0 Å². The van der Waals surface area contributed by atoms with Crippen molar-refractivity contribution in [3.05, 3.63) is 54.7 Å². The van der Waals surface area contributed by atoms with Gasteiger partial charge in [-0.2, -0.15) is 18.2 Å². The lowest BCUT2D eigenvalue weighted by atomic mass is 10.2. The van der Waals surface area contributed by atoms with Gasteiger partial charge in [-0.1, -0.05) is 23.4 Å². The number of thioether (sulfide) groups is 1. The normalized spacial score (nSPS) is 14.7. The molecule has 1 aromatic carbocycles. The number of hydrogen-bond acceptors (Lipinski definition) is 7. The number of aromatic nitrogens is 4. The highest BCUT2D eigenvalue weighted by Crippen LogP contribution is 2.30. The van der Waals surface area contributed by atoms with Gasteiger partial charge < -0.3 is 19.3 Å². The van der Waals surface area contributed by atoms with E-state index in [2.05, 4.69) is 24.6 Å². The molecule has 0 unspecified atom stereocenters. The van der Waals surface area contributed by atoms with Gasteiger partial charge in [0.15, 0.2) is 0 Å². The van der Waals surface area contributed by atoms with Crippen LogP contribution in [0.3, 0.4) is 0 Å². The Morgan fingerprint density at radius 3 is 2.62 bits per heavy atom. The molecule has 0 saturated carbocycles. The summed E-state index contributed by atoms with van der Waals surface area (Å²) in [7, 11) is 0. The monoisotopic (exact) mass is 488 g/mol. The summed E-state index contributed by atoms with van der Waals surface area (Å²) in [4.78, 5) is 28.5. The molecule has 0 atom stereocenters. The van der Waals surface area contributed by atoms with E-state index in [0.717, 1.165) is 15.8 Å². The molecular formula is C22H19F3N6O2S. The SMILES string of the molecule is O=C(CSc1c[nH]c2ccccc12)N1CCN(c2ccc(-c3noc(C(F)(F)F)n3)cn2)CC1.